The number of benzene rings is 1. The van der Waals surface area contributed by atoms with Crippen LogP contribution in [-0.2, 0) is 10.9 Å². The number of anilines is 2. The quantitative estimate of drug-likeness (QED) is 0.467. The number of aromatic nitrogens is 3. The van der Waals surface area contributed by atoms with Gasteiger partial charge in [0.1, 0.15) is 11.6 Å². The summed E-state index contributed by atoms with van der Waals surface area (Å²) in [5, 5.41) is 18.7. The number of ether oxygens (including phenoxy) is 1. The van der Waals surface area contributed by atoms with E-state index in [1.165, 1.54) is 25.4 Å². The van der Waals surface area contributed by atoms with E-state index in [1.54, 1.807) is 0 Å². The number of rotatable bonds is 4. The zero-order valence-electron chi connectivity index (χ0n) is 17.5. The van der Waals surface area contributed by atoms with Crippen molar-refractivity contribution >= 4 is 28.6 Å². The number of carbonyl (C=O) groups excluding carboxylic acids is 1. The van der Waals surface area contributed by atoms with E-state index >= 15 is 0 Å². The van der Waals surface area contributed by atoms with Gasteiger partial charge < -0.3 is 20.4 Å². The summed E-state index contributed by atoms with van der Waals surface area (Å²) in [6, 6.07) is 4.91. The highest BCUT2D eigenvalue weighted by molar-refractivity contribution is 6.02. The molecule has 1 saturated heterocycles. The SMILES string of the molecule is COC(=O)Nc1ccc2c(-c3nc(N[C@H]4CCCNC4)ncc3C(F)(F)F)c[nH]c2c1C#N. The van der Waals surface area contributed by atoms with Crippen molar-refractivity contribution in [3.8, 4) is 17.3 Å². The van der Waals surface area contributed by atoms with Gasteiger partial charge in [0, 0.05) is 35.9 Å². The lowest BCUT2D eigenvalue weighted by Crippen LogP contribution is -2.38. The Balaban J connectivity index is 1.81. The molecule has 0 radical (unpaired) electrons. The predicted octanol–water partition coefficient (Wildman–Crippen LogP) is 3.86. The van der Waals surface area contributed by atoms with Crippen LogP contribution in [0.15, 0.2) is 24.5 Å². The molecule has 172 valence electrons. The van der Waals surface area contributed by atoms with E-state index in [9.17, 15) is 23.2 Å². The lowest BCUT2D eigenvalue weighted by Gasteiger charge is -2.24. The molecular weight excluding hydrogens is 439 g/mol. The van der Waals surface area contributed by atoms with Crippen molar-refractivity contribution in [1.29, 1.82) is 5.26 Å². The van der Waals surface area contributed by atoms with Gasteiger partial charge >= 0.3 is 12.3 Å². The Hall–Kier alpha value is -3.85. The Morgan fingerprint density at radius 2 is 2.18 bits per heavy atom. The van der Waals surface area contributed by atoms with Crippen LogP contribution in [0.5, 0.6) is 0 Å². The lowest BCUT2D eigenvalue weighted by molar-refractivity contribution is -0.137. The van der Waals surface area contributed by atoms with E-state index in [0.29, 0.717) is 11.9 Å². The second-order valence-electron chi connectivity index (χ2n) is 7.48. The number of nitrogens with one attached hydrogen (secondary N) is 4. The number of H-pyrrole nitrogens is 1. The molecule has 1 fully saturated rings. The number of hydrogen-bond acceptors (Lipinski definition) is 7. The Morgan fingerprint density at radius 3 is 2.85 bits per heavy atom. The zero-order chi connectivity index (χ0) is 23.6. The second-order valence-corrected chi connectivity index (χ2v) is 7.48. The van der Waals surface area contributed by atoms with Crippen LogP contribution in [0, 0.1) is 11.3 Å². The topological polar surface area (TPSA) is 128 Å². The fourth-order valence-corrected chi connectivity index (χ4v) is 3.80. The van der Waals surface area contributed by atoms with E-state index in [-0.39, 0.29) is 40.0 Å². The average molecular weight is 459 g/mol. The smallest absolute Gasteiger partial charge is 0.419 e. The number of halogens is 3. The van der Waals surface area contributed by atoms with Crippen LogP contribution < -0.4 is 16.0 Å². The van der Waals surface area contributed by atoms with Crippen molar-refractivity contribution in [3.05, 3.63) is 35.7 Å². The van der Waals surface area contributed by atoms with Crippen molar-refractivity contribution in [3.63, 3.8) is 0 Å². The number of amides is 1. The molecule has 4 N–H and O–H groups in total. The van der Waals surface area contributed by atoms with Crippen LogP contribution in [0.3, 0.4) is 0 Å². The van der Waals surface area contributed by atoms with Crippen LogP contribution >= 0.6 is 0 Å². The summed E-state index contributed by atoms with van der Waals surface area (Å²) in [7, 11) is 1.18. The number of aromatic amines is 1. The molecule has 1 amide bonds. The molecule has 1 aromatic carbocycles. The molecule has 3 aromatic rings. The van der Waals surface area contributed by atoms with Gasteiger partial charge in [-0.05, 0) is 31.5 Å². The normalized spacial score (nSPS) is 16.3. The molecular formula is C21H20F3N7O2. The van der Waals surface area contributed by atoms with Crippen LogP contribution in [-0.4, -0.2) is 47.3 Å². The van der Waals surface area contributed by atoms with E-state index in [2.05, 4.69) is 35.6 Å². The minimum atomic E-state index is -4.69. The molecule has 12 heteroatoms. The Kier molecular flexibility index (Phi) is 6.06. The third kappa shape index (κ3) is 4.54. The van der Waals surface area contributed by atoms with E-state index in [1.807, 2.05) is 6.07 Å². The Labute approximate surface area is 186 Å². The highest BCUT2D eigenvalue weighted by Gasteiger charge is 2.36. The molecule has 1 aliphatic heterocycles. The summed E-state index contributed by atoms with van der Waals surface area (Å²) in [5.41, 5.74) is -0.669. The first-order valence-electron chi connectivity index (χ1n) is 10.1. The number of nitriles is 1. The number of nitrogens with zero attached hydrogens (tertiary/aromatic N) is 3. The molecule has 0 unspecified atom stereocenters. The number of piperidine rings is 1. The maximum atomic E-state index is 13.8. The largest absolute Gasteiger partial charge is 0.453 e. The third-order valence-electron chi connectivity index (χ3n) is 5.37. The van der Waals surface area contributed by atoms with Gasteiger partial charge in [-0.2, -0.15) is 18.4 Å². The number of alkyl halides is 3. The maximum absolute atomic E-state index is 13.8. The van der Waals surface area contributed by atoms with Crippen LogP contribution in [0.1, 0.15) is 24.0 Å². The average Bonchev–Trinajstić information content (AvgIpc) is 3.23. The molecule has 2 aromatic heterocycles. The van der Waals surface area contributed by atoms with Gasteiger partial charge in [-0.25, -0.2) is 14.8 Å². The summed E-state index contributed by atoms with van der Waals surface area (Å²) >= 11 is 0. The van der Waals surface area contributed by atoms with Gasteiger partial charge in [0.15, 0.2) is 0 Å². The summed E-state index contributed by atoms with van der Waals surface area (Å²) < 4.78 is 45.9. The second kappa shape index (κ2) is 8.95. The Bertz CT molecular complexity index is 1230. The number of carbonyl (C=O) groups is 1. The molecule has 1 aliphatic rings. The monoisotopic (exact) mass is 459 g/mol. The number of methoxy groups -OCH3 is 1. The summed E-state index contributed by atoms with van der Waals surface area (Å²) in [6.45, 7) is 1.55. The van der Waals surface area contributed by atoms with Gasteiger partial charge in [-0.15, -0.1) is 0 Å². The summed E-state index contributed by atoms with van der Waals surface area (Å²) in [5.74, 6) is 0.0885. The first kappa shape index (κ1) is 22.3. The molecule has 0 bridgehead atoms. The summed E-state index contributed by atoms with van der Waals surface area (Å²) in [6.07, 6.45) is -1.56. The van der Waals surface area contributed by atoms with E-state index in [0.717, 1.165) is 25.6 Å². The fraction of sp³-hybridized carbons (Fsp3) is 0.333. The van der Waals surface area contributed by atoms with Crippen molar-refractivity contribution in [2.75, 3.05) is 30.8 Å². The zero-order valence-corrected chi connectivity index (χ0v) is 17.5. The third-order valence-corrected chi connectivity index (χ3v) is 5.37. The number of hydrogen-bond donors (Lipinski definition) is 4. The van der Waals surface area contributed by atoms with Gasteiger partial charge in [0.25, 0.3) is 0 Å². The molecule has 4 rings (SSSR count). The van der Waals surface area contributed by atoms with Crippen molar-refractivity contribution in [2.45, 2.75) is 25.1 Å². The molecule has 0 spiro atoms. The van der Waals surface area contributed by atoms with E-state index < -0.39 is 17.8 Å². The lowest BCUT2D eigenvalue weighted by atomic mass is 10.0. The highest BCUT2D eigenvalue weighted by Crippen LogP contribution is 2.40. The predicted molar refractivity (Wildman–Crippen MR) is 115 cm³/mol. The van der Waals surface area contributed by atoms with Gasteiger partial charge in [0.2, 0.25) is 5.95 Å². The van der Waals surface area contributed by atoms with Crippen molar-refractivity contribution in [1.82, 2.24) is 20.3 Å². The molecule has 0 saturated carbocycles. The Morgan fingerprint density at radius 1 is 1.36 bits per heavy atom. The van der Waals surface area contributed by atoms with E-state index in [4.69, 9.17) is 0 Å². The van der Waals surface area contributed by atoms with Gasteiger partial charge in [0.05, 0.1) is 29.6 Å². The van der Waals surface area contributed by atoms with Gasteiger partial charge in [-0.3, -0.25) is 5.32 Å². The maximum Gasteiger partial charge on any atom is 0.419 e. The summed E-state index contributed by atoms with van der Waals surface area (Å²) in [4.78, 5) is 22.5. The molecule has 0 aliphatic carbocycles. The van der Waals surface area contributed by atoms with Crippen molar-refractivity contribution < 1.29 is 22.7 Å². The minimum absolute atomic E-state index is 0.00320. The van der Waals surface area contributed by atoms with Crippen LogP contribution in [0.2, 0.25) is 0 Å². The number of fused-ring (bicyclic) bond motifs is 1. The molecule has 3 heterocycles. The highest BCUT2D eigenvalue weighted by atomic mass is 19.4. The molecule has 1 atom stereocenters. The standard InChI is InChI=1S/C21H20F3N7O2/c1-33-20(32)30-16-5-4-12-14(9-27-17(12)13(16)7-25)18-15(21(22,23)24)10-28-19(31-18)29-11-3-2-6-26-8-11/h4-5,9-11,26-27H,2-3,6,8H2,1H3,(H,30,32)(H,28,29,31)/t11-/m0/s1. The first-order valence-corrected chi connectivity index (χ1v) is 10.1. The first-order chi connectivity index (χ1) is 15.8. The molecule has 9 nitrogen and oxygen atoms in total. The minimum Gasteiger partial charge on any atom is -0.453 e. The van der Waals surface area contributed by atoms with Crippen LogP contribution in [0.25, 0.3) is 22.2 Å². The van der Waals surface area contributed by atoms with Crippen molar-refractivity contribution in [2.24, 2.45) is 0 Å². The van der Waals surface area contributed by atoms with Gasteiger partial charge in [-0.1, -0.05) is 0 Å². The fourth-order valence-electron chi connectivity index (χ4n) is 3.80. The van der Waals surface area contributed by atoms with Crippen LogP contribution in [0.4, 0.5) is 29.6 Å². The molecule has 33 heavy (non-hydrogen) atoms.